The van der Waals surface area contributed by atoms with E-state index in [9.17, 15) is 0 Å². The first-order valence-electron chi connectivity index (χ1n) is 7.35. The average Bonchev–Trinajstić information content (AvgIpc) is 2.46. The molecular formula is C16H25NO2S. The van der Waals surface area contributed by atoms with Gasteiger partial charge in [0.15, 0.2) is 0 Å². The van der Waals surface area contributed by atoms with Crippen molar-refractivity contribution in [1.82, 2.24) is 0 Å². The highest BCUT2D eigenvalue weighted by molar-refractivity contribution is 7.80. The number of rotatable bonds is 11. The van der Waals surface area contributed by atoms with E-state index in [0.29, 0.717) is 18.2 Å². The molecule has 0 aliphatic carbocycles. The summed E-state index contributed by atoms with van der Waals surface area (Å²) in [7, 11) is 0. The molecule has 0 heterocycles. The van der Waals surface area contributed by atoms with Gasteiger partial charge in [0.2, 0.25) is 0 Å². The van der Waals surface area contributed by atoms with E-state index in [2.05, 4.69) is 6.92 Å². The normalized spacial score (nSPS) is 10.4. The molecule has 3 nitrogen and oxygen atoms in total. The van der Waals surface area contributed by atoms with Crippen molar-refractivity contribution in [3.8, 4) is 5.75 Å². The predicted molar refractivity (Wildman–Crippen MR) is 87.4 cm³/mol. The molecule has 0 spiro atoms. The first kappa shape index (κ1) is 16.9. The van der Waals surface area contributed by atoms with Crippen molar-refractivity contribution in [2.24, 2.45) is 5.73 Å². The molecule has 0 saturated carbocycles. The molecule has 0 aromatic heterocycles. The first-order chi connectivity index (χ1) is 9.75. The minimum Gasteiger partial charge on any atom is -0.490 e. The molecule has 112 valence electrons. The van der Waals surface area contributed by atoms with Gasteiger partial charge in [-0.3, -0.25) is 0 Å². The zero-order valence-electron chi connectivity index (χ0n) is 12.3. The first-order valence-corrected chi connectivity index (χ1v) is 7.76. The van der Waals surface area contributed by atoms with E-state index in [0.717, 1.165) is 24.3 Å². The smallest absolute Gasteiger partial charge is 0.129 e. The van der Waals surface area contributed by atoms with Gasteiger partial charge < -0.3 is 15.2 Å². The van der Waals surface area contributed by atoms with Crippen molar-refractivity contribution in [3.63, 3.8) is 0 Å². The van der Waals surface area contributed by atoms with E-state index in [-0.39, 0.29) is 0 Å². The van der Waals surface area contributed by atoms with Gasteiger partial charge in [0, 0.05) is 6.61 Å². The Morgan fingerprint density at radius 3 is 2.55 bits per heavy atom. The van der Waals surface area contributed by atoms with Gasteiger partial charge in [-0.1, -0.05) is 57.0 Å². The van der Waals surface area contributed by atoms with Crippen LogP contribution < -0.4 is 10.5 Å². The summed E-state index contributed by atoms with van der Waals surface area (Å²) in [6.45, 7) is 4.15. The molecule has 2 N–H and O–H groups in total. The Bertz CT molecular complexity index is 396. The molecule has 1 aromatic carbocycles. The molecule has 4 heteroatoms. The Balaban J connectivity index is 2.11. The fraction of sp³-hybridized carbons (Fsp3) is 0.562. The number of hydrogen-bond acceptors (Lipinski definition) is 3. The van der Waals surface area contributed by atoms with Crippen LogP contribution in [0.2, 0.25) is 0 Å². The van der Waals surface area contributed by atoms with Gasteiger partial charge in [-0.05, 0) is 18.6 Å². The fourth-order valence-electron chi connectivity index (χ4n) is 1.92. The van der Waals surface area contributed by atoms with E-state index in [1.165, 1.54) is 25.7 Å². The zero-order valence-corrected chi connectivity index (χ0v) is 13.1. The van der Waals surface area contributed by atoms with Gasteiger partial charge in [0.25, 0.3) is 0 Å². The summed E-state index contributed by atoms with van der Waals surface area (Å²) in [5, 5.41) is 0. The van der Waals surface area contributed by atoms with E-state index < -0.39 is 0 Å². The third-order valence-electron chi connectivity index (χ3n) is 3.03. The third kappa shape index (κ3) is 6.87. The van der Waals surface area contributed by atoms with Crippen LogP contribution >= 0.6 is 12.2 Å². The van der Waals surface area contributed by atoms with E-state index in [1.54, 1.807) is 0 Å². The monoisotopic (exact) mass is 295 g/mol. The molecule has 0 atom stereocenters. The second-order valence-corrected chi connectivity index (χ2v) is 5.18. The Hall–Kier alpha value is -1.13. The van der Waals surface area contributed by atoms with Gasteiger partial charge in [0.1, 0.15) is 17.3 Å². The van der Waals surface area contributed by atoms with Crippen molar-refractivity contribution < 1.29 is 9.47 Å². The molecule has 0 bridgehead atoms. The Kier molecular flexibility index (Phi) is 9.00. The highest BCUT2D eigenvalue weighted by Gasteiger charge is 2.04. The van der Waals surface area contributed by atoms with Crippen LogP contribution in [0, 0.1) is 0 Å². The number of para-hydroxylation sites is 1. The van der Waals surface area contributed by atoms with Crippen LogP contribution in [0.3, 0.4) is 0 Å². The van der Waals surface area contributed by atoms with Gasteiger partial charge >= 0.3 is 0 Å². The summed E-state index contributed by atoms with van der Waals surface area (Å²) >= 11 is 4.99. The molecule has 0 unspecified atom stereocenters. The summed E-state index contributed by atoms with van der Waals surface area (Å²) in [5.41, 5.74) is 6.42. The second-order valence-electron chi connectivity index (χ2n) is 4.74. The molecular weight excluding hydrogens is 270 g/mol. The largest absolute Gasteiger partial charge is 0.490 e. The summed E-state index contributed by atoms with van der Waals surface area (Å²) in [6, 6.07) is 7.55. The molecule has 1 aromatic rings. The van der Waals surface area contributed by atoms with E-state index >= 15 is 0 Å². The van der Waals surface area contributed by atoms with Crippen molar-refractivity contribution in [3.05, 3.63) is 29.8 Å². The molecule has 0 amide bonds. The maximum Gasteiger partial charge on any atom is 0.129 e. The van der Waals surface area contributed by atoms with Crippen molar-refractivity contribution >= 4 is 17.2 Å². The maximum absolute atomic E-state index is 5.65. The minimum atomic E-state index is 0.359. The lowest BCUT2D eigenvalue weighted by molar-refractivity contribution is 0.0970. The zero-order chi connectivity index (χ0) is 14.6. The predicted octanol–water partition coefficient (Wildman–Crippen LogP) is 3.69. The number of benzene rings is 1. The molecule has 0 aliphatic rings. The Morgan fingerprint density at radius 2 is 1.80 bits per heavy atom. The second kappa shape index (κ2) is 10.6. The fourth-order valence-corrected chi connectivity index (χ4v) is 2.08. The molecule has 20 heavy (non-hydrogen) atoms. The lowest BCUT2D eigenvalue weighted by atomic mass is 10.2. The molecule has 0 saturated heterocycles. The Labute approximate surface area is 127 Å². The molecule has 0 radical (unpaired) electrons. The van der Waals surface area contributed by atoms with Gasteiger partial charge in [-0.2, -0.15) is 0 Å². The van der Waals surface area contributed by atoms with Crippen LogP contribution in [0.1, 0.15) is 44.6 Å². The van der Waals surface area contributed by atoms with Crippen LogP contribution in [0.15, 0.2) is 24.3 Å². The maximum atomic E-state index is 5.65. The van der Waals surface area contributed by atoms with Crippen LogP contribution in [0.5, 0.6) is 5.75 Å². The Morgan fingerprint density at radius 1 is 1.05 bits per heavy atom. The van der Waals surface area contributed by atoms with E-state index in [1.807, 2.05) is 24.3 Å². The summed E-state index contributed by atoms with van der Waals surface area (Å²) in [4.78, 5) is 0.359. The van der Waals surface area contributed by atoms with Crippen LogP contribution in [0.4, 0.5) is 0 Å². The van der Waals surface area contributed by atoms with Crippen LogP contribution in [-0.2, 0) is 4.74 Å². The summed E-state index contributed by atoms with van der Waals surface area (Å²) in [6.07, 6.45) is 6.27. The average molecular weight is 295 g/mol. The summed E-state index contributed by atoms with van der Waals surface area (Å²) in [5.74, 6) is 0.728. The van der Waals surface area contributed by atoms with Crippen molar-refractivity contribution in [2.45, 2.75) is 39.0 Å². The van der Waals surface area contributed by atoms with Crippen molar-refractivity contribution in [1.29, 1.82) is 0 Å². The van der Waals surface area contributed by atoms with E-state index in [4.69, 9.17) is 27.4 Å². The highest BCUT2D eigenvalue weighted by Crippen LogP contribution is 2.17. The SMILES string of the molecule is CCCCCCCOCCOc1ccccc1C(N)=S. The lowest BCUT2D eigenvalue weighted by Gasteiger charge is -2.10. The minimum absolute atomic E-state index is 0.359. The lowest BCUT2D eigenvalue weighted by Crippen LogP contribution is -2.13. The topological polar surface area (TPSA) is 44.5 Å². The number of hydrogen-bond donors (Lipinski definition) is 1. The number of thiocarbonyl (C=S) groups is 1. The van der Waals surface area contributed by atoms with Gasteiger partial charge in [-0.15, -0.1) is 0 Å². The molecule has 0 fully saturated rings. The van der Waals surface area contributed by atoms with Crippen LogP contribution in [-0.4, -0.2) is 24.8 Å². The number of nitrogens with two attached hydrogens (primary N) is 1. The molecule has 1 rings (SSSR count). The standard InChI is InChI=1S/C16H25NO2S/c1-2-3-4-5-8-11-18-12-13-19-15-10-7-6-9-14(15)16(17)20/h6-7,9-10H,2-5,8,11-13H2,1H3,(H2,17,20). The molecule has 0 aliphatic heterocycles. The third-order valence-corrected chi connectivity index (χ3v) is 3.25. The van der Waals surface area contributed by atoms with Crippen molar-refractivity contribution in [2.75, 3.05) is 19.8 Å². The van der Waals surface area contributed by atoms with Gasteiger partial charge in [0.05, 0.1) is 12.2 Å². The number of ether oxygens (including phenoxy) is 2. The number of unbranched alkanes of at least 4 members (excludes halogenated alkanes) is 4. The van der Waals surface area contributed by atoms with Crippen LogP contribution in [0.25, 0.3) is 0 Å². The quantitative estimate of drug-likeness (QED) is 0.499. The highest BCUT2D eigenvalue weighted by atomic mass is 32.1. The van der Waals surface area contributed by atoms with Gasteiger partial charge in [-0.25, -0.2) is 0 Å². The summed E-state index contributed by atoms with van der Waals surface area (Å²) < 4.78 is 11.2.